The maximum absolute atomic E-state index is 14.3. The number of methoxy groups -OCH3 is 2. The first kappa shape index (κ1) is 54.9. The van der Waals surface area contributed by atoms with Gasteiger partial charge in [0.15, 0.2) is 5.78 Å². The number of amides is 5. The predicted octanol–water partition coefficient (Wildman–Crippen LogP) is 8.81. The van der Waals surface area contributed by atoms with Crippen molar-refractivity contribution in [3.05, 3.63) is 111 Å². The van der Waals surface area contributed by atoms with Crippen LogP contribution in [-0.4, -0.2) is 98.0 Å². The number of ether oxygens (including phenoxy) is 2. The minimum atomic E-state index is -0.931. The van der Waals surface area contributed by atoms with Gasteiger partial charge in [-0.15, -0.1) is 68.0 Å². The van der Waals surface area contributed by atoms with Gasteiger partial charge in [-0.05, 0) is 30.5 Å². The van der Waals surface area contributed by atoms with Crippen LogP contribution >= 0.6 is 68.0 Å². The van der Waals surface area contributed by atoms with Crippen molar-refractivity contribution in [2.45, 2.75) is 71.2 Å². The third-order valence-electron chi connectivity index (χ3n) is 12.1. The number of nitrogens with zero attached hydrogens (tertiary/aromatic N) is 7. The monoisotopic (exact) mass is 1150 g/mol. The first-order chi connectivity index (χ1) is 37.1. The van der Waals surface area contributed by atoms with Gasteiger partial charge in [0.25, 0.3) is 11.8 Å². The van der Waals surface area contributed by atoms with Gasteiger partial charge in [0.05, 0.1) is 41.2 Å². The van der Waals surface area contributed by atoms with E-state index < -0.39 is 48.4 Å². The number of thiazole rings is 6. The Balaban J connectivity index is 1.14. The normalized spacial score (nSPS) is 16.8. The first-order valence-electron chi connectivity index (χ1n) is 23.9. The summed E-state index contributed by atoms with van der Waals surface area (Å²) >= 11 is 7.59. The molecule has 8 heterocycles. The van der Waals surface area contributed by atoms with Crippen LogP contribution in [0.2, 0.25) is 0 Å². The van der Waals surface area contributed by atoms with Crippen LogP contribution in [0.15, 0.2) is 64.0 Å². The van der Waals surface area contributed by atoms with Gasteiger partial charge in [0.2, 0.25) is 17.7 Å². The molecule has 0 spiro atoms. The smallest absolute Gasteiger partial charge is 0.271 e. The Hall–Kier alpha value is -6.91. The van der Waals surface area contributed by atoms with E-state index in [0.29, 0.717) is 74.0 Å². The van der Waals surface area contributed by atoms with E-state index in [1.807, 2.05) is 61.0 Å². The number of aryl methyl sites for hydroxylation is 1. The van der Waals surface area contributed by atoms with Crippen LogP contribution in [0.5, 0.6) is 0 Å². The molecule has 5 amide bonds. The number of rotatable bonds is 10. The van der Waals surface area contributed by atoms with E-state index in [1.54, 1.807) is 30.9 Å². The minimum absolute atomic E-state index is 0.0109. The van der Waals surface area contributed by atoms with Crippen molar-refractivity contribution in [1.29, 1.82) is 0 Å². The van der Waals surface area contributed by atoms with E-state index in [4.69, 9.17) is 39.4 Å². The molecule has 0 fully saturated rings. The van der Waals surface area contributed by atoms with E-state index in [0.717, 1.165) is 5.56 Å². The molecular formula is C51H50N12O8S6. The van der Waals surface area contributed by atoms with Crippen LogP contribution in [0.1, 0.15) is 120 Å². The first-order valence-corrected chi connectivity index (χ1v) is 29.0. The number of fused-ring (bicyclic) bond motifs is 14. The maximum Gasteiger partial charge on any atom is 0.271 e. The zero-order valence-corrected chi connectivity index (χ0v) is 47.3. The Morgan fingerprint density at radius 3 is 2.18 bits per heavy atom. The molecule has 5 N–H and O–H groups in total. The number of ketones is 1. The third kappa shape index (κ3) is 12.4. The molecule has 8 aromatic rings. The highest BCUT2D eigenvalue weighted by Gasteiger charge is 2.33. The van der Waals surface area contributed by atoms with Crippen LogP contribution in [0.25, 0.3) is 43.4 Å². The standard InChI is InChI=1S/C51H50N12O8S6/c1-23(2)28-15-34(65)39-24(3)76-50(62-39)30(16-37(66)52-5)56-44(68)32-20-72-46(58-32)27-13-14-29(48-60-36(22-75-48)54-25(4)64)55-40(27)31-19-73-49(57-31)33-21-74-51(59-33)42(43(71-7)26-11-9-8-10-12-26)61-38(67)17-53-45(69)41-35(18-70-6)77-47(28)63-41/h8-14,19-23,28,30,42-43H,15-18H2,1-7H3,(H,52,66)(H,53,69)(H,54,64)(H,56,68)(H,61,67). The molecule has 0 radical (unpaired) electrons. The van der Waals surface area contributed by atoms with E-state index in [-0.39, 0.29) is 60.0 Å². The fourth-order valence-electron chi connectivity index (χ4n) is 8.33. The van der Waals surface area contributed by atoms with Gasteiger partial charge >= 0.3 is 0 Å². The highest BCUT2D eigenvalue weighted by Crippen LogP contribution is 2.41. The average Bonchev–Trinajstić information content (AvgIpc) is 4.29. The van der Waals surface area contributed by atoms with Crippen LogP contribution in [0, 0.1) is 12.8 Å². The Morgan fingerprint density at radius 2 is 1.44 bits per heavy atom. The van der Waals surface area contributed by atoms with Crippen LogP contribution in [-0.2, 0) is 30.5 Å². The molecule has 0 saturated carbocycles. The van der Waals surface area contributed by atoms with E-state index in [9.17, 15) is 28.8 Å². The van der Waals surface area contributed by atoms with Crippen molar-refractivity contribution >= 4 is 109 Å². The molecule has 26 heteroatoms. The zero-order valence-electron chi connectivity index (χ0n) is 42.4. The zero-order chi connectivity index (χ0) is 54.5. The van der Waals surface area contributed by atoms with Gasteiger partial charge in [-0.2, -0.15) is 0 Å². The van der Waals surface area contributed by atoms with Crippen LogP contribution < -0.4 is 26.6 Å². The Bertz CT molecular complexity index is 3490. The van der Waals surface area contributed by atoms with Gasteiger partial charge in [-0.3, -0.25) is 28.8 Å². The van der Waals surface area contributed by atoms with Crippen molar-refractivity contribution in [2.75, 3.05) is 33.1 Å². The maximum atomic E-state index is 14.3. The summed E-state index contributed by atoms with van der Waals surface area (Å²) in [5.74, 6) is -2.80. The number of carbonyl (C=O) groups excluding carboxylic acids is 6. The van der Waals surface area contributed by atoms with Crippen molar-refractivity contribution < 1.29 is 38.2 Å². The number of carbonyl (C=O) groups is 6. The second-order valence-corrected chi connectivity index (χ2v) is 23.7. The third-order valence-corrected chi connectivity index (χ3v) is 17.9. The summed E-state index contributed by atoms with van der Waals surface area (Å²) in [5, 5.41) is 24.0. The fourth-order valence-corrected chi connectivity index (χ4v) is 13.9. The molecule has 398 valence electrons. The summed E-state index contributed by atoms with van der Waals surface area (Å²) in [6, 6.07) is 11.3. The number of Topliss-reactive ketones (excluding diaryl/α,β-unsaturated/α-hetero) is 1. The molecule has 1 aliphatic heterocycles. The Kier molecular flexibility index (Phi) is 17.2. The number of aromatic nitrogens is 7. The largest absolute Gasteiger partial charge is 0.379 e. The molecule has 1 aromatic carbocycles. The van der Waals surface area contributed by atoms with Crippen molar-refractivity contribution in [1.82, 2.24) is 56.2 Å². The van der Waals surface area contributed by atoms with Gasteiger partial charge in [0.1, 0.15) is 77.2 Å². The van der Waals surface area contributed by atoms with Gasteiger partial charge in [-0.25, -0.2) is 34.9 Å². The number of pyridine rings is 1. The molecule has 0 saturated heterocycles. The fraction of sp³-hybridized carbons (Fsp3) is 0.314. The molecule has 0 aliphatic carbocycles. The van der Waals surface area contributed by atoms with Crippen molar-refractivity contribution in [2.24, 2.45) is 5.92 Å². The summed E-state index contributed by atoms with van der Waals surface area (Å²) in [6.07, 6.45) is -0.885. The molecule has 9 rings (SSSR count). The molecule has 77 heavy (non-hydrogen) atoms. The van der Waals surface area contributed by atoms with Gasteiger partial charge in [0, 0.05) is 72.5 Å². The summed E-state index contributed by atoms with van der Waals surface area (Å²) < 4.78 is 11.6. The average molecular weight is 1150 g/mol. The quantitative estimate of drug-likeness (QED) is 0.0856. The summed E-state index contributed by atoms with van der Waals surface area (Å²) in [6.45, 7) is 6.72. The van der Waals surface area contributed by atoms with E-state index in [2.05, 4.69) is 31.6 Å². The SMILES string of the molecule is CNC(=O)CC1NC(=O)c2csc(n2)-c2ccc(-c3nc(NC(C)=O)cs3)nc2-c2csc(n2)-c2csc(n2)C(C(OC)c2ccccc2)NC(=O)CNC(=O)c2nc(sc2COC)C(C(C)C)CC(=O)c2nc1sc2C. The van der Waals surface area contributed by atoms with Gasteiger partial charge in [-0.1, -0.05) is 44.2 Å². The molecule has 7 aromatic heterocycles. The van der Waals surface area contributed by atoms with E-state index in [1.165, 1.54) is 89.1 Å². The van der Waals surface area contributed by atoms with Crippen LogP contribution in [0.3, 0.4) is 0 Å². The van der Waals surface area contributed by atoms with Crippen molar-refractivity contribution in [3.63, 3.8) is 0 Å². The Labute approximate surface area is 465 Å². The van der Waals surface area contributed by atoms with Crippen LogP contribution in [0.4, 0.5) is 5.82 Å². The number of benzene rings is 1. The molecule has 10 bridgehead atoms. The molecule has 20 nitrogen and oxygen atoms in total. The summed E-state index contributed by atoms with van der Waals surface area (Å²) in [4.78, 5) is 117. The molecule has 1 aliphatic rings. The number of hydrogen-bond acceptors (Lipinski definition) is 21. The molecule has 4 atom stereocenters. The second-order valence-electron chi connectivity index (χ2n) is 17.8. The number of anilines is 1. The van der Waals surface area contributed by atoms with E-state index >= 15 is 0 Å². The topological polar surface area (TPSA) is 271 Å². The van der Waals surface area contributed by atoms with Gasteiger partial charge < -0.3 is 36.1 Å². The molecule has 4 unspecified atom stereocenters. The lowest BCUT2D eigenvalue weighted by Crippen LogP contribution is -2.41. The highest BCUT2D eigenvalue weighted by atomic mass is 32.1. The predicted molar refractivity (Wildman–Crippen MR) is 297 cm³/mol. The number of nitrogens with one attached hydrogen (secondary N) is 5. The lowest BCUT2D eigenvalue weighted by molar-refractivity contribution is -0.122. The summed E-state index contributed by atoms with van der Waals surface area (Å²) in [5.41, 5.74) is 3.57. The number of hydrogen-bond donors (Lipinski definition) is 5. The van der Waals surface area contributed by atoms with Crippen molar-refractivity contribution in [3.8, 4) is 43.4 Å². The lowest BCUT2D eigenvalue weighted by atomic mass is 9.90. The highest BCUT2D eigenvalue weighted by molar-refractivity contribution is 7.15. The molecular weight excluding hydrogens is 1100 g/mol. The summed E-state index contributed by atoms with van der Waals surface area (Å²) in [7, 11) is 4.54. The minimum Gasteiger partial charge on any atom is -0.379 e. The second kappa shape index (κ2) is 24.2. The lowest BCUT2D eigenvalue weighted by Gasteiger charge is -2.26. The Morgan fingerprint density at radius 1 is 0.727 bits per heavy atom.